The first-order valence-electron chi connectivity index (χ1n) is 6.72. The molecule has 1 aliphatic carbocycles. The van der Waals surface area contributed by atoms with Gasteiger partial charge in [0, 0.05) is 24.9 Å². The summed E-state index contributed by atoms with van der Waals surface area (Å²) in [4.78, 5) is 4.28. The Labute approximate surface area is 116 Å². The number of aliphatic imine (C=N–C) groups is 1. The van der Waals surface area contributed by atoms with Crippen LogP contribution >= 0.6 is 11.8 Å². The van der Waals surface area contributed by atoms with Crippen molar-refractivity contribution in [1.82, 2.24) is 10.6 Å². The lowest BCUT2D eigenvalue weighted by molar-refractivity contribution is 0.469. The predicted molar refractivity (Wildman–Crippen MR) is 83.4 cm³/mol. The van der Waals surface area contributed by atoms with Crippen LogP contribution in [-0.4, -0.2) is 37.1 Å². The first-order valence-corrected chi connectivity index (χ1v) is 7.94. The van der Waals surface area contributed by atoms with Crippen molar-refractivity contribution < 1.29 is 0 Å². The molecule has 1 aliphatic rings. The van der Waals surface area contributed by atoms with Crippen LogP contribution in [0.4, 0.5) is 0 Å². The molecule has 1 unspecified atom stereocenters. The van der Waals surface area contributed by atoms with E-state index in [1.807, 2.05) is 18.8 Å². The van der Waals surface area contributed by atoms with E-state index in [4.69, 9.17) is 0 Å². The van der Waals surface area contributed by atoms with Crippen molar-refractivity contribution in [1.29, 1.82) is 0 Å². The van der Waals surface area contributed by atoms with Crippen LogP contribution in [0.2, 0.25) is 0 Å². The molecule has 3 nitrogen and oxygen atoms in total. The lowest BCUT2D eigenvalue weighted by atomic mass is 9.94. The normalized spacial score (nSPS) is 20.9. The van der Waals surface area contributed by atoms with Crippen LogP contribution in [0.5, 0.6) is 0 Å². The molecule has 1 rings (SSSR count). The zero-order valence-electron chi connectivity index (χ0n) is 12.1. The van der Waals surface area contributed by atoms with E-state index in [1.165, 1.54) is 19.3 Å². The second-order valence-electron chi connectivity index (χ2n) is 5.42. The predicted octanol–water partition coefficient (Wildman–Crippen LogP) is 2.65. The molecular formula is C14H27N3S. The Morgan fingerprint density at radius 1 is 1.39 bits per heavy atom. The van der Waals surface area contributed by atoms with E-state index in [-0.39, 0.29) is 4.75 Å². The topological polar surface area (TPSA) is 36.4 Å². The SMILES string of the molecule is CN=C(NCC1CC=CCC1)NCC(C)(C)SC. The standard InChI is InChI=1S/C14H27N3S/c1-14(2,18-4)11-17-13(15-3)16-10-12-8-6-5-7-9-12/h5-6,12H,7-11H2,1-4H3,(H2,15,16,17). The van der Waals surface area contributed by atoms with Crippen LogP contribution in [0.1, 0.15) is 33.1 Å². The summed E-state index contributed by atoms with van der Waals surface area (Å²) in [5.74, 6) is 1.67. The lowest BCUT2D eigenvalue weighted by Crippen LogP contribution is -2.44. The third-order valence-electron chi connectivity index (χ3n) is 3.39. The van der Waals surface area contributed by atoms with Gasteiger partial charge in [0.05, 0.1) is 0 Å². The van der Waals surface area contributed by atoms with E-state index in [0.29, 0.717) is 0 Å². The fraction of sp³-hybridized carbons (Fsp3) is 0.786. The average Bonchev–Trinajstić information content (AvgIpc) is 2.40. The van der Waals surface area contributed by atoms with Gasteiger partial charge in [-0.2, -0.15) is 11.8 Å². The van der Waals surface area contributed by atoms with Crippen LogP contribution in [0.15, 0.2) is 17.1 Å². The summed E-state index contributed by atoms with van der Waals surface area (Å²) >= 11 is 1.87. The third-order valence-corrected chi connectivity index (χ3v) is 4.64. The second kappa shape index (κ2) is 7.72. The van der Waals surface area contributed by atoms with Crippen molar-refractivity contribution in [2.75, 3.05) is 26.4 Å². The summed E-state index contributed by atoms with van der Waals surface area (Å²) < 4.78 is 0.241. The summed E-state index contributed by atoms with van der Waals surface area (Å²) in [6, 6.07) is 0. The highest BCUT2D eigenvalue weighted by molar-refractivity contribution is 7.99. The maximum absolute atomic E-state index is 4.28. The maximum atomic E-state index is 4.28. The minimum atomic E-state index is 0.241. The summed E-state index contributed by atoms with van der Waals surface area (Å²) in [5, 5.41) is 6.83. The molecule has 0 aromatic carbocycles. The van der Waals surface area contributed by atoms with Gasteiger partial charge in [-0.05, 0) is 45.3 Å². The first-order chi connectivity index (χ1) is 8.57. The van der Waals surface area contributed by atoms with Gasteiger partial charge in [0.15, 0.2) is 5.96 Å². The molecule has 0 spiro atoms. The van der Waals surface area contributed by atoms with Crippen molar-refractivity contribution in [3.05, 3.63) is 12.2 Å². The maximum Gasteiger partial charge on any atom is 0.191 e. The quantitative estimate of drug-likeness (QED) is 0.458. The number of thioether (sulfide) groups is 1. The van der Waals surface area contributed by atoms with E-state index in [9.17, 15) is 0 Å². The minimum Gasteiger partial charge on any atom is -0.356 e. The van der Waals surface area contributed by atoms with E-state index in [1.54, 1.807) is 0 Å². The molecule has 4 heteroatoms. The van der Waals surface area contributed by atoms with Crippen molar-refractivity contribution >= 4 is 17.7 Å². The van der Waals surface area contributed by atoms with E-state index in [0.717, 1.165) is 25.0 Å². The Kier molecular flexibility index (Phi) is 6.61. The second-order valence-corrected chi connectivity index (χ2v) is 6.93. The lowest BCUT2D eigenvalue weighted by Gasteiger charge is -2.25. The van der Waals surface area contributed by atoms with Crippen LogP contribution in [-0.2, 0) is 0 Å². The van der Waals surface area contributed by atoms with Gasteiger partial charge >= 0.3 is 0 Å². The first kappa shape index (κ1) is 15.4. The van der Waals surface area contributed by atoms with Crippen LogP contribution < -0.4 is 10.6 Å². The molecule has 2 N–H and O–H groups in total. The van der Waals surface area contributed by atoms with Gasteiger partial charge in [-0.15, -0.1) is 0 Å². The molecule has 0 aromatic heterocycles. The van der Waals surface area contributed by atoms with Crippen molar-refractivity contribution in [3.8, 4) is 0 Å². The number of nitrogens with zero attached hydrogens (tertiary/aromatic N) is 1. The number of hydrogen-bond donors (Lipinski definition) is 2. The molecule has 0 amide bonds. The van der Waals surface area contributed by atoms with E-state index < -0.39 is 0 Å². The van der Waals surface area contributed by atoms with Gasteiger partial charge in [-0.3, -0.25) is 4.99 Å². The molecule has 1 atom stereocenters. The molecule has 0 fully saturated rings. The van der Waals surface area contributed by atoms with Crippen LogP contribution in [0.3, 0.4) is 0 Å². The number of hydrogen-bond acceptors (Lipinski definition) is 2. The molecule has 0 radical (unpaired) electrons. The molecule has 0 saturated heterocycles. The number of guanidine groups is 1. The van der Waals surface area contributed by atoms with Gasteiger partial charge in [-0.25, -0.2) is 0 Å². The Bertz CT molecular complexity index is 297. The number of rotatable bonds is 5. The van der Waals surface area contributed by atoms with Crippen molar-refractivity contribution in [2.45, 2.75) is 37.9 Å². The molecule has 0 bridgehead atoms. The molecular weight excluding hydrogens is 242 g/mol. The van der Waals surface area contributed by atoms with Crippen LogP contribution in [0.25, 0.3) is 0 Å². The number of nitrogens with one attached hydrogen (secondary N) is 2. The molecule has 0 saturated carbocycles. The summed E-state index contributed by atoms with van der Waals surface area (Å²) in [6.45, 7) is 6.43. The summed E-state index contributed by atoms with van der Waals surface area (Å²) in [6.07, 6.45) is 10.4. The molecule has 0 aliphatic heterocycles. The number of allylic oxidation sites excluding steroid dienone is 2. The van der Waals surface area contributed by atoms with E-state index in [2.05, 4.69) is 47.9 Å². The van der Waals surface area contributed by atoms with Crippen molar-refractivity contribution in [3.63, 3.8) is 0 Å². The van der Waals surface area contributed by atoms with Crippen LogP contribution in [0, 0.1) is 5.92 Å². The highest BCUT2D eigenvalue weighted by Gasteiger charge is 2.16. The Hall–Kier alpha value is -0.640. The minimum absolute atomic E-state index is 0.241. The molecule has 0 aromatic rings. The van der Waals surface area contributed by atoms with Gasteiger partial charge in [0.1, 0.15) is 0 Å². The highest BCUT2D eigenvalue weighted by atomic mass is 32.2. The Morgan fingerprint density at radius 2 is 2.17 bits per heavy atom. The van der Waals surface area contributed by atoms with Gasteiger partial charge in [-0.1, -0.05) is 12.2 Å². The average molecular weight is 269 g/mol. The van der Waals surface area contributed by atoms with Crippen molar-refractivity contribution in [2.24, 2.45) is 10.9 Å². The fourth-order valence-corrected chi connectivity index (χ4v) is 2.09. The Balaban J connectivity index is 2.27. The monoisotopic (exact) mass is 269 g/mol. The smallest absolute Gasteiger partial charge is 0.191 e. The zero-order valence-corrected chi connectivity index (χ0v) is 12.9. The van der Waals surface area contributed by atoms with Gasteiger partial charge < -0.3 is 10.6 Å². The highest BCUT2D eigenvalue weighted by Crippen LogP contribution is 2.19. The fourth-order valence-electron chi connectivity index (χ4n) is 1.87. The van der Waals surface area contributed by atoms with Gasteiger partial charge in [0.25, 0.3) is 0 Å². The summed E-state index contributed by atoms with van der Waals surface area (Å²) in [5.41, 5.74) is 0. The molecule has 0 heterocycles. The molecule has 104 valence electrons. The third kappa shape index (κ3) is 5.80. The summed E-state index contributed by atoms with van der Waals surface area (Å²) in [7, 11) is 1.84. The molecule has 18 heavy (non-hydrogen) atoms. The van der Waals surface area contributed by atoms with Gasteiger partial charge in [0.2, 0.25) is 0 Å². The van der Waals surface area contributed by atoms with E-state index >= 15 is 0 Å². The Morgan fingerprint density at radius 3 is 2.72 bits per heavy atom. The zero-order chi connectivity index (χ0) is 13.4. The largest absolute Gasteiger partial charge is 0.356 e.